The fourth-order valence-corrected chi connectivity index (χ4v) is 12.2. The van der Waals surface area contributed by atoms with Crippen LogP contribution in [0.5, 0.6) is 0 Å². The number of carbonyl (C=O) groups excluding carboxylic acids is 1. The summed E-state index contributed by atoms with van der Waals surface area (Å²) in [4.78, 5) is 37.8. The fraction of sp³-hybridized carbons (Fsp3) is 0.861. The van der Waals surface area contributed by atoms with Gasteiger partial charge in [-0.15, -0.1) is 0 Å². The predicted octanol–water partition coefficient (Wildman–Crippen LogP) is 3.30. The third kappa shape index (κ3) is 4.69. The first kappa shape index (κ1) is 35.0. The molecule has 11 nitrogen and oxygen atoms in total. The summed E-state index contributed by atoms with van der Waals surface area (Å²) in [6.45, 7) is 13.1. The number of hydrogen-bond donors (Lipinski definition) is 6. The number of carbonyl (C=O) groups is 3. The summed E-state index contributed by atoms with van der Waals surface area (Å²) in [5.41, 5.74) is -1.64. The van der Waals surface area contributed by atoms with Crippen LogP contribution in [0.4, 0.5) is 0 Å². The zero-order valence-electron chi connectivity index (χ0n) is 28.5. The lowest BCUT2D eigenvalue weighted by atomic mass is 9.33. The molecule has 11 heteroatoms. The second kappa shape index (κ2) is 11.1. The Morgan fingerprint density at radius 3 is 2.15 bits per heavy atom. The Hall–Kier alpha value is -1.89. The lowest BCUT2D eigenvalue weighted by Gasteiger charge is -2.71. The second-order valence-electron chi connectivity index (χ2n) is 17.7. The first-order chi connectivity index (χ1) is 21.7. The minimum atomic E-state index is -1.89. The Labute approximate surface area is 276 Å². The van der Waals surface area contributed by atoms with Gasteiger partial charge in [0.05, 0.1) is 23.0 Å². The van der Waals surface area contributed by atoms with Gasteiger partial charge in [-0.05, 0) is 97.2 Å². The lowest BCUT2D eigenvalue weighted by molar-refractivity contribution is -0.332. The van der Waals surface area contributed by atoms with Gasteiger partial charge >= 0.3 is 11.9 Å². The Morgan fingerprint density at radius 1 is 0.872 bits per heavy atom. The van der Waals surface area contributed by atoms with Crippen molar-refractivity contribution in [1.29, 1.82) is 0 Å². The molecule has 47 heavy (non-hydrogen) atoms. The first-order valence-corrected chi connectivity index (χ1v) is 17.4. The third-order valence-electron chi connectivity index (χ3n) is 15.0. The number of carboxylic acids is 2. The highest BCUT2D eigenvalue weighted by Crippen LogP contribution is 2.75. The van der Waals surface area contributed by atoms with Crippen molar-refractivity contribution in [2.24, 2.45) is 50.2 Å². The van der Waals surface area contributed by atoms with Gasteiger partial charge in [-0.3, -0.25) is 4.79 Å². The maximum Gasteiger partial charge on any atom is 0.335 e. The number of aliphatic carboxylic acids is 2. The number of allylic oxidation sites excluding steroid dienone is 2. The van der Waals surface area contributed by atoms with Crippen molar-refractivity contribution in [3.63, 3.8) is 0 Å². The normalized spacial score (nSPS) is 53.7. The molecule has 5 fully saturated rings. The van der Waals surface area contributed by atoms with E-state index in [0.29, 0.717) is 25.7 Å². The van der Waals surface area contributed by atoms with Crippen molar-refractivity contribution in [1.82, 2.24) is 0 Å². The zero-order chi connectivity index (χ0) is 34.7. The van der Waals surface area contributed by atoms with Crippen LogP contribution in [-0.4, -0.2) is 91.8 Å². The Kier molecular flexibility index (Phi) is 8.22. The number of aliphatic hydroxyl groups excluding tert-OH is 4. The van der Waals surface area contributed by atoms with Crippen LogP contribution in [0.2, 0.25) is 0 Å². The molecular formula is C36H54O11. The van der Waals surface area contributed by atoms with Crippen LogP contribution in [0.3, 0.4) is 0 Å². The van der Waals surface area contributed by atoms with Gasteiger partial charge in [0.2, 0.25) is 0 Å². The van der Waals surface area contributed by atoms with E-state index in [1.807, 2.05) is 0 Å². The molecule has 15 unspecified atom stereocenters. The van der Waals surface area contributed by atoms with E-state index in [-0.39, 0.29) is 40.4 Å². The van der Waals surface area contributed by atoms with Crippen molar-refractivity contribution < 1.29 is 54.5 Å². The molecule has 6 rings (SSSR count). The van der Waals surface area contributed by atoms with Gasteiger partial charge in [-0.2, -0.15) is 0 Å². The van der Waals surface area contributed by atoms with E-state index in [9.17, 15) is 45.0 Å². The molecule has 0 spiro atoms. The highest BCUT2D eigenvalue weighted by atomic mass is 16.7. The summed E-state index contributed by atoms with van der Waals surface area (Å²) < 4.78 is 11.5. The Bertz CT molecular complexity index is 1350. The molecule has 0 amide bonds. The fourth-order valence-electron chi connectivity index (χ4n) is 12.2. The molecule has 0 radical (unpaired) electrons. The van der Waals surface area contributed by atoms with Crippen molar-refractivity contribution >= 4 is 18.2 Å². The molecule has 5 aliphatic carbocycles. The molecule has 6 N–H and O–H groups in total. The van der Waals surface area contributed by atoms with Gasteiger partial charge in [-0.25, -0.2) is 4.79 Å². The molecule has 1 saturated heterocycles. The molecular weight excluding hydrogens is 608 g/mol. The maximum absolute atomic E-state index is 13.1. The maximum atomic E-state index is 13.1. The van der Waals surface area contributed by atoms with Gasteiger partial charge in [0, 0.05) is 0 Å². The monoisotopic (exact) mass is 662 g/mol. The number of hydrogen-bond acceptors (Lipinski definition) is 9. The number of aliphatic hydroxyl groups is 4. The largest absolute Gasteiger partial charge is 0.481 e. The van der Waals surface area contributed by atoms with Gasteiger partial charge in [-0.1, -0.05) is 53.2 Å². The van der Waals surface area contributed by atoms with E-state index in [0.717, 1.165) is 32.0 Å². The number of ether oxygens (including phenoxy) is 2. The molecule has 0 aromatic carbocycles. The molecule has 1 aliphatic heterocycles. The Balaban J connectivity index is 1.34. The molecule has 6 aliphatic rings. The van der Waals surface area contributed by atoms with Gasteiger partial charge in [0.25, 0.3) is 0 Å². The van der Waals surface area contributed by atoms with Crippen molar-refractivity contribution in [3.8, 4) is 0 Å². The van der Waals surface area contributed by atoms with E-state index < -0.39 is 71.1 Å². The smallest absolute Gasteiger partial charge is 0.335 e. The topological polar surface area (TPSA) is 191 Å². The summed E-state index contributed by atoms with van der Waals surface area (Å²) in [6.07, 6.45) is -2.08. The number of rotatable bonds is 5. The van der Waals surface area contributed by atoms with E-state index in [1.54, 1.807) is 6.92 Å². The summed E-state index contributed by atoms with van der Waals surface area (Å²) in [5, 5.41) is 63.1. The molecule has 0 aromatic rings. The number of fused-ring (bicyclic) bond motifs is 7. The zero-order valence-corrected chi connectivity index (χ0v) is 28.5. The summed E-state index contributed by atoms with van der Waals surface area (Å²) >= 11 is 0. The molecule has 4 saturated carbocycles. The van der Waals surface area contributed by atoms with E-state index in [4.69, 9.17) is 9.47 Å². The molecule has 0 aromatic heterocycles. The molecule has 0 bridgehead atoms. The van der Waals surface area contributed by atoms with Gasteiger partial charge in [0.1, 0.15) is 24.6 Å². The van der Waals surface area contributed by atoms with Crippen LogP contribution in [0.1, 0.15) is 99.3 Å². The lowest BCUT2D eigenvalue weighted by Crippen LogP contribution is -2.69. The summed E-state index contributed by atoms with van der Waals surface area (Å²) in [6, 6.07) is 0. The molecule has 264 valence electrons. The van der Waals surface area contributed by atoms with E-state index in [1.165, 1.54) is 5.57 Å². The van der Waals surface area contributed by atoms with Gasteiger partial charge in [0.15, 0.2) is 12.4 Å². The highest BCUT2D eigenvalue weighted by molar-refractivity contribution is 5.76. The minimum Gasteiger partial charge on any atom is -0.481 e. The van der Waals surface area contributed by atoms with Crippen molar-refractivity contribution in [3.05, 3.63) is 11.6 Å². The van der Waals surface area contributed by atoms with E-state index >= 15 is 0 Å². The van der Waals surface area contributed by atoms with Crippen molar-refractivity contribution in [2.45, 2.75) is 142 Å². The Morgan fingerprint density at radius 2 is 1.53 bits per heavy atom. The average molecular weight is 663 g/mol. The average Bonchev–Trinajstić information content (AvgIpc) is 2.98. The first-order valence-electron chi connectivity index (χ1n) is 17.4. The van der Waals surface area contributed by atoms with Crippen LogP contribution in [-0.2, 0) is 23.9 Å². The van der Waals surface area contributed by atoms with Crippen LogP contribution >= 0.6 is 0 Å². The standard InChI is InChI=1S/C36H54O11/c1-31(2)11-13-36(30(44)45)14-12-34(5)18(19(36)15-31)7-8-22-32(3)16-20(38)27(33(4,17-37)21(32)9-10-35(22,34)6)47-29-25(41)23(39)24(40)26(46-29)28(42)43/h7,17,19-27,29,38-41H,8-16H2,1-6H3,(H,42,43)(H,44,45). The minimum absolute atomic E-state index is 0.0359. The third-order valence-corrected chi connectivity index (χ3v) is 15.0. The summed E-state index contributed by atoms with van der Waals surface area (Å²) in [7, 11) is 0. The van der Waals surface area contributed by atoms with E-state index in [2.05, 4.69) is 40.7 Å². The highest BCUT2D eigenvalue weighted by Gasteiger charge is 2.71. The number of aldehydes is 1. The second-order valence-corrected chi connectivity index (χ2v) is 17.7. The summed E-state index contributed by atoms with van der Waals surface area (Å²) in [5.74, 6) is -2.42. The molecule has 15 atom stereocenters. The SMILES string of the molecule is CC1(C)CCC2(C(=O)O)CCC3(C)C(=CCC4C5(C)CC(O)C(OC6OC(C(=O)O)C(O)C(O)C6O)C(C)(C=O)C5CCC43C)C2C1. The van der Waals surface area contributed by atoms with Crippen LogP contribution in [0, 0.1) is 50.2 Å². The number of carboxylic acid groups (broad SMARTS) is 2. The van der Waals surface area contributed by atoms with Gasteiger partial charge < -0.3 is 44.9 Å². The van der Waals surface area contributed by atoms with Crippen LogP contribution in [0.25, 0.3) is 0 Å². The predicted molar refractivity (Wildman–Crippen MR) is 168 cm³/mol. The quantitative estimate of drug-likeness (QED) is 0.144. The van der Waals surface area contributed by atoms with Crippen LogP contribution in [0.15, 0.2) is 11.6 Å². The molecule has 1 heterocycles. The van der Waals surface area contributed by atoms with Crippen LogP contribution < -0.4 is 0 Å². The van der Waals surface area contributed by atoms with Crippen molar-refractivity contribution in [2.75, 3.05) is 0 Å².